The van der Waals surface area contributed by atoms with Crippen molar-refractivity contribution >= 4 is 11.7 Å². The molecule has 2 bridgehead atoms. The van der Waals surface area contributed by atoms with Crippen molar-refractivity contribution in [2.75, 3.05) is 25.1 Å². The number of hydrogen-bond donors (Lipinski definition) is 2. The van der Waals surface area contributed by atoms with Crippen LogP contribution < -0.4 is 4.90 Å². The van der Waals surface area contributed by atoms with E-state index < -0.39 is 11.3 Å². The molecule has 4 heterocycles. The van der Waals surface area contributed by atoms with Gasteiger partial charge >= 0.3 is 5.97 Å². The highest BCUT2D eigenvalue weighted by Gasteiger charge is 2.69. The van der Waals surface area contributed by atoms with E-state index in [4.69, 9.17) is 4.74 Å². The van der Waals surface area contributed by atoms with E-state index in [1.807, 2.05) is 31.2 Å². The first-order valence-electron chi connectivity index (χ1n) is 9.48. The number of para-hydroxylation sites is 1. The summed E-state index contributed by atoms with van der Waals surface area (Å²) in [5.41, 5.74) is 0.286. The molecule has 4 unspecified atom stereocenters. The lowest BCUT2D eigenvalue weighted by atomic mass is 9.70. The first-order chi connectivity index (χ1) is 13.0. The standard InChI is InChI=1S/C21H24N2O4/c1-3-13-11-22-9-8-20(25)16-6-4-5-7-17(16)23-12-15(19(24)27-2)14(13)10-18(22)21(20,23)26/h3-7,12,14,18,25-26H,8-11H2,1-2H3/b13-3-. The van der Waals surface area contributed by atoms with Gasteiger partial charge in [0.15, 0.2) is 5.72 Å². The zero-order valence-electron chi connectivity index (χ0n) is 15.6. The molecule has 4 aliphatic rings. The van der Waals surface area contributed by atoms with Gasteiger partial charge < -0.3 is 19.8 Å². The second-order valence-electron chi connectivity index (χ2n) is 7.94. The Morgan fingerprint density at radius 2 is 2.11 bits per heavy atom. The summed E-state index contributed by atoms with van der Waals surface area (Å²) in [7, 11) is 1.38. The lowest BCUT2D eigenvalue weighted by molar-refractivity contribution is -0.214. The molecule has 4 aliphatic heterocycles. The summed E-state index contributed by atoms with van der Waals surface area (Å²) in [6, 6.07) is 7.26. The van der Waals surface area contributed by atoms with Crippen molar-refractivity contribution in [2.24, 2.45) is 5.92 Å². The smallest absolute Gasteiger partial charge is 0.335 e. The molecule has 0 spiro atoms. The molecule has 0 aliphatic carbocycles. The second kappa shape index (κ2) is 5.44. The van der Waals surface area contributed by atoms with Gasteiger partial charge in [-0.2, -0.15) is 0 Å². The van der Waals surface area contributed by atoms with Gasteiger partial charge in [0.25, 0.3) is 0 Å². The highest BCUT2D eigenvalue weighted by atomic mass is 16.5. The van der Waals surface area contributed by atoms with Crippen molar-refractivity contribution in [3.05, 3.63) is 53.3 Å². The molecule has 2 saturated heterocycles. The number of hydrogen-bond acceptors (Lipinski definition) is 6. The normalized spacial score (nSPS) is 38.3. The molecule has 6 heteroatoms. The fourth-order valence-corrected chi connectivity index (χ4v) is 5.64. The molecule has 1 aromatic carbocycles. The number of piperidine rings is 2. The van der Waals surface area contributed by atoms with Crippen LogP contribution in [0.1, 0.15) is 25.3 Å². The average molecular weight is 368 g/mol. The number of benzene rings is 1. The molecule has 0 radical (unpaired) electrons. The van der Waals surface area contributed by atoms with E-state index >= 15 is 0 Å². The van der Waals surface area contributed by atoms with E-state index in [1.165, 1.54) is 7.11 Å². The number of carbonyl (C=O) groups excluding carboxylic acids is 1. The summed E-state index contributed by atoms with van der Waals surface area (Å²) in [5.74, 6) is -0.504. The Hall–Kier alpha value is -2.15. The molecular weight excluding hydrogens is 344 g/mol. The van der Waals surface area contributed by atoms with Crippen LogP contribution in [0.3, 0.4) is 0 Å². The Kier molecular flexibility index (Phi) is 3.42. The maximum absolute atomic E-state index is 12.6. The molecule has 27 heavy (non-hydrogen) atoms. The third-order valence-corrected chi connectivity index (χ3v) is 6.98. The van der Waals surface area contributed by atoms with E-state index in [-0.39, 0.29) is 17.9 Å². The summed E-state index contributed by atoms with van der Waals surface area (Å²) in [5, 5.41) is 23.7. The molecule has 2 fully saturated rings. The Bertz CT molecular complexity index is 894. The van der Waals surface area contributed by atoms with Crippen LogP contribution in [0.4, 0.5) is 5.69 Å². The van der Waals surface area contributed by atoms with Gasteiger partial charge in [0.1, 0.15) is 5.60 Å². The Morgan fingerprint density at radius 1 is 1.33 bits per heavy atom. The van der Waals surface area contributed by atoms with Crippen LogP contribution in [-0.4, -0.2) is 53.0 Å². The largest absolute Gasteiger partial charge is 0.466 e. The molecular formula is C21H24N2O4. The first-order valence-corrected chi connectivity index (χ1v) is 9.48. The molecule has 0 amide bonds. The van der Waals surface area contributed by atoms with Crippen LogP contribution in [0.2, 0.25) is 0 Å². The number of fused-ring (bicyclic) bond motifs is 4. The van der Waals surface area contributed by atoms with Crippen LogP contribution in [0.15, 0.2) is 47.7 Å². The molecule has 142 valence electrons. The Balaban J connectivity index is 1.80. The number of aliphatic hydroxyl groups is 2. The molecule has 5 rings (SSSR count). The quantitative estimate of drug-likeness (QED) is 0.578. The average Bonchev–Trinajstić information content (AvgIpc) is 2.80. The number of allylic oxidation sites excluding steroid dienone is 1. The van der Waals surface area contributed by atoms with E-state index in [0.29, 0.717) is 31.5 Å². The van der Waals surface area contributed by atoms with E-state index in [1.54, 1.807) is 11.1 Å². The number of esters is 1. The maximum Gasteiger partial charge on any atom is 0.335 e. The van der Waals surface area contributed by atoms with Crippen molar-refractivity contribution in [1.82, 2.24) is 4.90 Å². The molecule has 6 nitrogen and oxygen atoms in total. The summed E-state index contributed by atoms with van der Waals surface area (Å²) in [6.07, 6.45) is 4.79. The topological polar surface area (TPSA) is 73.2 Å². The highest BCUT2D eigenvalue weighted by Crippen LogP contribution is 2.59. The summed E-state index contributed by atoms with van der Waals surface area (Å²) in [4.78, 5) is 16.6. The Morgan fingerprint density at radius 3 is 2.85 bits per heavy atom. The predicted molar refractivity (Wildman–Crippen MR) is 99.7 cm³/mol. The number of ether oxygens (including phenoxy) is 1. The van der Waals surface area contributed by atoms with Crippen LogP contribution >= 0.6 is 0 Å². The zero-order valence-corrected chi connectivity index (χ0v) is 15.6. The number of anilines is 1. The molecule has 1 aromatic rings. The maximum atomic E-state index is 12.6. The minimum atomic E-state index is -1.51. The van der Waals surface area contributed by atoms with E-state index in [0.717, 1.165) is 16.8 Å². The van der Waals surface area contributed by atoms with Crippen molar-refractivity contribution in [3.8, 4) is 0 Å². The van der Waals surface area contributed by atoms with Gasteiger partial charge in [-0.3, -0.25) is 4.90 Å². The minimum absolute atomic E-state index is 0.118. The van der Waals surface area contributed by atoms with Gasteiger partial charge in [0, 0.05) is 36.5 Å². The lowest BCUT2D eigenvalue weighted by Crippen LogP contribution is -2.72. The zero-order chi connectivity index (χ0) is 19.0. The molecule has 0 saturated carbocycles. The third-order valence-electron chi connectivity index (χ3n) is 6.98. The fourth-order valence-electron chi connectivity index (χ4n) is 5.64. The number of methoxy groups -OCH3 is 1. The molecule has 0 aromatic heterocycles. The molecule has 4 atom stereocenters. The monoisotopic (exact) mass is 368 g/mol. The van der Waals surface area contributed by atoms with Crippen molar-refractivity contribution < 1.29 is 19.7 Å². The van der Waals surface area contributed by atoms with Crippen LogP contribution in [0, 0.1) is 5.92 Å². The van der Waals surface area contributed by atoms with E-state index in [2.05, 4.69) is 11.0 Å². The van der Waals surface area contributed by atoms with Gasteiger partial charge in [-0.25, -0.2) is 4.79 Å². The van der Waals surface area contributed by atoms with Crippen molar-refractivity contribution in [2.45, 2.75) is 37.1 Å². The fraction of sp³-hybridized carbons (Fsp3) is 0.476. The van der Waals surface area contributed by atoms with Crippen LogP contribution in [0.5, 0.6) is 0 Å². The first kappa shape index (κ1) is 17.0. The van der Waals surface area contributed by atoms with Crippen molar-refractivity contribution in [3.63, 3.8) is 0 Å². The predicted octanol–water partition coefficient (Wildman–Crippen LogP) is 1.49. The second-order valence-corrected chi connectivity index (χ2v) is 7.94. The number of carbonyl (C=O) groups is 1. The third kappa shape index (κ3) is 1.88. The van der Waals surface area contributed by atoms with Crippen LogP contribution in [0.25, 0.3) is 0 Å². The summed E-state index contributed by atoms with van der Waals surface area (Å²) >= 11 is 0. The molecule has 2 N–H and O–H groups in total. The van der Waals surface area contributed by atoms with Gasteiger partial charge in [-0.05, 0) is 25.8 Å². The van der Waals surface area contributed by atoms with Crippen LogP contribution in [-0.2, 0) is 15.1 Å². The minimum Gasteiger partial charge on any atom is -0.466 e. The number of rotatable bonds is 1. The summed E-state index contributed by atoms with van der Waals surface area (Å²) in [6.45, 7) is 3.37. The van der Waals surface area contributed by atoms with Gasteiger partial charge in [-0.15, -0.1) is 0 Å². The lowest BCUT2D eigenvalue weighted by Gasteiger charge is -2.56. The van der Waals surface area contributed by atoms with E-state index in [9.17, 15) is 15.0 Å². The van der Waals surface area contributed by atoms with Gasteiger partial charge in [0.05, 0.1) is 18.7 Å². The highest BCUT2D eigenvalue weighted by molar-refractivity contribution is 5.91. The number of nitrogens with zero attached hydrogens (tertiary/aromatic N) is 2. The van der Waals surface area contributed by atoms with Crippen molar-refractivity contribution in [1.29, 1.82) is 0 Å². The summed E-state index contributed by atoms with van der Waals surface area (Å²) < 4.78 is 5.07. The Labute approximate surface area is 158 Å². The van der Waals surface area contributed by atoms with Gasteiger partial charge in [0.2, 0.25) is 0 Å². The van der Waals surface area contributed by atoms with Gasteiger partial charge in [-0.1, -0.05) is 29.8 Å². The SMILES string of the molecule is C/C=C1/CN2CCC3(O)c4ccccc4N4C=C(C(=O)OC)C1CC2C43O.